The molecule has 1 fully saturated rings. The molecular weight excluding hydrogens is 186 g/mol. The van der Waals surface area contributed by atoms with Gasteiger partial charge in [0.15, 0.2) is 5.78 Å². The van der Waals surface area contributed by atoms with Crippen LogP contribution in [0.1, 0.15) is 43.0 Å². The van der Waals surface area contributed by atoms with Crippen LogP contribution >= 0.6 is 0 Å². The number of hydrogen-bond donors (Lipinski definition) is 1. The molecule has 0 radical (unpaired) electrons. The van der Waals surface area contributed by atoms with Crippen LogP contribution in [0.15, 0.2) is 24.3 Å². The number of anilines is 1. The number of carbonyl (C=O) groups is 1. The van der Waals surface area contributed by atoms with E-state index in [1.165, 1.54) is 12.8 Å². The molecule has 0 bridgehead atoms. The fraction of sp³-hybridized carbons (Fsp3) is 0.462. The topological polar surface area (TPSA) is 43.1 Å². The molecule has 80 valence electrons. The van der Waals surface area contributed by atoms with Crippen LogP contribution in [0.4, 0.5) is 5.69 Å². The first-order valence-electron chi connectivity index (χ1n) is 5.52. The van der Waals surface area contributed by atoms with Gasteiger partial charge in [-0.2, -0.15) is 0 Å². The van der Waals surface area contributed by atoms with E-state index in [1.54, 1.807) is 12.1 Å². The summed E-state index contributed by atoms with van der Waals surface area (Å²) in [4.78, 5) is 12.2. The van der Waals surface area contributed by atoms with Gasteiger partial charge in [-0.1, -0.05) is 19.8 Å². The van der Waals surface area contributed by atoms with E-state index in [-0.39, 0.29) is 11.2 Å². The van der Waals surface area contributed by atoms with Gasteiger partial charge in [0.1, 0.15) is 0 Å². The third kappa shape index (κ3) is 1.89. The van der Waals surface area contributed by atoms with Crippen molar-refractivity contribution in [3.05, 3.63) is 29.8 Å². The Balaban J connectivity index is 2.24. The summed E-state index contributed by atoms with van der Waals surface area (Å²) in [7, 11) is 0. The van der Waals surface area contributed by atoms with E-state index in [0.29, 0.717) is 5.69 Å². The van der Waals surface area contributed by atoms with Crippen molar-refractivity contribution in [3.63, 3.8) is 0 Å². The van der Waals surface area contributed by atoms with E-state index in [1.807, 2.05) is 12.1 Å². The molecule has 0 amide bonds. The Hall–Kier alpha value is -1.31. The quantitative estimate of drug-likeness (QED) is 0.593. The lowest BCUT2D eigenvalue weighted by Gasteiger charge is -2.21. The van der Waals surface area contributed by atoms with E-state index in [2.05, 4.69) is 6.92 Å². The predicted octanol–water partition coefficient (Wildman–Crippen LogP) is 3.03. The average Bonchev–Trinajstić information content (AvgIpc) is 2.67. The van der Waals surface area contributed by atoms with Gasteiger partial charge in [0.2, 0.25) is 0 Å². The maximum absolute atomic E-state index is 12.2. The standard InChI is InChI=1S/C13H17NO/c1-13(8-2-3-9-13)12(15)10-4-6-11(14)7-5-10/h4-7H,2-3,8-9,14H2,1H3. The second-order valence-electron chi connectivity index (χ2n) is 4.72. The van der Waals surface area contributed by atoms with Crippen molar-refractivity contribution in [1.29, 1.82) is 0 Å². The molecule has 1 saturated carbocycles. The zero-order valence-corrected chi connectivity index (χ0v) is 9.12. The van der Waals surface area contributed by atoms with Gasteiger partial charge < -0.3 is 5.73 Å². The summed E-state index contributed by atoms with van der Waals surface area (Å²) in [5.41, 5.74) is 6.98. The highest BCUT2D eigenvalue weighted by atomic mass is 16.1. The second-order valence-corrected chi connectivity index (χ2v) is 4.72. The molecule has 1 aliphatic carbocycles. The molecule has 1 aromatic carbocycles. The summed E-state index contributed by atoms with van der Waals surface area (Å²) in [6.07, 6.45) is 4.40. The second kappa shape index (κ2) is 3.69. The number of Topliss-reactive ketones (excluding diaryl/α,β-unsaturated/α-hetero) is 1. The molecule has 0 atom stereocenters. The Labute approximate surface area is 90.5 Å². The number of carbonyl (C=O) groups excluding carboxylic acids is 1. The molecule has 15 heavy (non-hydrogen) atoms. The maximum Gasteiger partial charge on any atom is 0.168 e. The Morgan fingerprint density at radius 3 is 2.27 bits per heavy atom. The maximum atomic E-state index is 12.2. The molecule has 1 aliphatic rings. The highest BCUT2D eigenvalue weighted by molar-refractivity contribution is 6.00. The molecular formula is C13H17NO. The lowest BCUT2D eigenvalue weighted by atomic mass is 9.81. The van der Waals surface area contributed by atoms with Crippen LogP contribution < -0.4 is 5.73 Å². The van der Waals surface area contributed by atoms with Gasteiger partial charge in [-0.05, 0) is 37.1 Å². The first-order chi connectivity index (χ1) is 7.12. The van der Waals surface area contributed by atoms with E-state index >= 15 is 0 Å². The minimum atomic E-state index is -0.129. The van der Waals surface area contributed by atoms with Crippen LogP contribution in [0, 0.1) is 5.41 Å². The van der Waals surface area contributed by atoms with Gasteiger partial charge in [-0.15, -0.1) is 0 Å². The van der Waals surface area contributed by atoms with E-state index in [4.69, 9.17) is 5.73 Å². The normalized spacial score (nSPS) is 19.0. The van der Waals surface area contributed by atoms with Crippen molar-refractivity contribution in [2.75, 3.05) is 5.73 Å². The average molecular weight is 203 g/mol. The van der Waals surface area contributed by atoms with E-state index < -0.39 is 0 Å². The van der Waals surface area contributed by atoms with Crippen LogP contribution in [-0.4, -0.2) is 5.78 Å². The summed E-state index contributed by atoms with van der Waals surface area (Å²) in [5.74, 6) is 0.278. The zero-order valence-electron chi connectivity index (χ0n) is 9.12. The van der Waals surface area contributed by atoms with E-state index in [0.717, 1.165) is 18.4 Å². The van der Waals surface area contributed by atoms with Gasteiger partial charge in [0.25, 0.3) is 0 Å². The van der Waals surface area contributed by atoms with Crippen LogP contribution in [0.3, 0.4) is 0 Å². The Morgan fingerprint density at radius 2 is 1.73 bits per heavy atom. The number of nitrogen functional groups attached to an aromatic ring is 1. The number of hydrogen-bond acceptors (Lipinski definition) is 2. The molecule has 2 nitrogen and oxygen atoms in total. The van der Waals surface area contributed by atoms with Gasteiger partial charge in [-0.3, -0.25) is 4.79 Å². The lowest BCUT2D eigenvalue weighted by Crippen LogP contribution is -2.24. The minimum absolute atomic E-state index is 0.129. The predicted molar refractivity (Wildman–Crippen MR) is 61.8 cm³/mol. The van der Waals surface area contributed by atoms with Crippen molar-refractivity contribution >= 4 is 11.5 Å². The third-order valence-corrected chi connectivity index (χ3v) is 3.43. The summed E-state index contributed by atoms with van der Waals surface area (Å²) in [6.45, 7) is 2.08. The number of nitrogens with two attached hydrogens (primary N) is 1. The fourth-order valence-corrected chi connectivity index (χ4v) is 2.37. The van der Waals surface area contributed by atoms with Gasteiger partial charge in [0.05, 0.1) is 0 Å². The van der Waals surface area contributed by atoms with Crippen LogP contribution in [0.5, 0.6) is 0 Å². The molecule has 0 aliphatic heterocycles. The molecule has 0 heterocycles. The molecule has 0 unspecified atom stereocenters. The molecule has 1 aromatic rings. The molecule has 2 heteroatoms. The van der Waals surface area contributed by atoms with Crippen molar-refractivity contribution in [1.82, 2.24) is 0 Å². The smallest absolute Gasteiger partial charge is 0.168 e. The SMILES string of the molecule is CC1(C(=O)c2ccc(N)cc2)CCCC1. The number of ketones is 1. The van der Waals surface area contributed by atoms with Crippen molar-refractivity contribution in [2.24, 2.45) is 5.41 Å². The summed E-state index contributed by atoms with van der Waals surface area (Å²) in [5, 5.41) is 0. The Morgan fingerprint density at radius 1 is 1.20 bits per heavy atom. The highest BCUT2D eigenvalue weighted by Gasteiger charge is 2.36. The van der Waals surface area contributed by atoms with E-state index in [9.17, 15) is 4.79 Å². The molecule has 2 rings (SSSR count). The van der Waals surface area contributed by atoms with Crippen molar-refractivity contribution in [3.8, 4) is 0 Å². The third-order valence-electron chi connectivity index (χ3n) is 3.43. The highest BCUT2D eigenvalue weighted by Crippen LogP contribution is 2.40. The summed E-state index contributed by atoms with van der Waals surface area (Å²) in [6, 6.07) is 7.26. The van der Waals surface area contributed by atoms with Gasteiger partial charge in [-0.25, -0.2) is 0 Å². The Kier molecular flexibility index (Phi) is 2.51. The first-order valence-corrected chi connectivity index (χ1v) is 5.52. The largest absolute Gasteiger partial charge is 0.399 e. The number of rotatable bonds is 2. The first kappa shape index (κ1) is 10.2. The van der Waals surface area contributed by atoms with Crippen LogP contribution in [0.2, 0.25) is 0 Å². The number of benzene rings is 1. The summed E-state index contributed by atoms with van der Waals surface area (Å²) < 4.78 is 0. The zero-order chi connectivity index (χ0) is 10.9. The molecule has 0 spiro atoms. The van der Waals surface area contributed by atoms with Gasteiger partial charge in [0, 0.05) is 16.7 Å². The van der Waals surface area contributed by atoms with Gasteiger partial charge >= 0.3 is 0 Å². The van der Waals surface area contributed by atoms with Crippen LogP contribution in [-0.2, 0) is 0 Å². The van der Waals surface area contributed by atoms with Crippen molar-refractivity contribution < 1.29 is 4.79 Å². The van der Waals surface area contributed by atoms with Crippen molar-refractivity contribution in [2.45, 2.75) is 32.6 Å². The van der Waals surface area contributed by atoms with Crippen LogP contribution in [0.25, 0.3) is 0 Å². The molecule has 0 aromatic heterocycles. The molecule has 0 saturated heterocycles. The minimum Gasteiger partial charge on any atom is -0.399 e. The fourth-order valence-electron chi connectivity index (χ4n) is 2.37. The monoisotopic (exact) mass is 203 g/mol. The Bertz CT molecular complexity index is 361. The lowest BCUT2D eigenvalue weighted by molar-refractivity contribution is 0.0823. The molecule has 2 N–H and O–H groups in total. The summed E-state index contributed by atoms with van der Waals surface area (Å²) >= 11 is 0.